The molecule has 1 fully saturated rings. The molecule has 1 aromatic rings. The van der Waals surface area contributed by atoms with Gasteiger partial charge in [0.2, 0.25) is 0 Å². The maximum absolute atomic E-state index is 12.0. The van der Waals surface area contributed by atoms with E-state index >= 15 is 0 Å². The van der Waals surface area contributed by atoms with Crippen molar-refractivity contribution in [2.75, 3.05) is 25.4 Å². The molecule has 1 aliphatic rings. The van der Waals surface area contributed by atoms with Gasteiger partial charge in [-0.15, -0.1) is 24.8 Å². The highest BCUT2D eigenvalue weighted by molar-refractivity contribution is 6.34. The molecular weight excluding hydrogens is 333 g/mol. The number of anilines is 1. The van der Waals surface area contributed by atoms with Crippen LogP contribution in [0.2, 0.25) is 5.02 Å². The van der Waals surface area contributed by atoms with Crippen LogP contribution in [0.5, 0.6) is 0 Å². The molecule has 4 nitrogen and oxygen atoms in total. The number of hydrogen-bond donors (Lipinski definition) is 2. The number of nitrogens with one attached hydrogen (secondary N) is 1. The number of nitrogen functional groups attached to an aromatic ring is 1. The summed E-state index contributed by atoms with van der Waals surface area (Å²) in [6, 6.07) is 5.66. The first-order valence-corrected chi connectivity index (χ1v) is 7.07. The zero-order valence-corrected chi connectivity index (χ0v) is 14.4. The standard InChI is InChI=1S/C14H20ClN3O.2ClH/c1-2-18(11-4-5-11)8-7-17-14(19)12-6-3-10(16)9-13(12)15;;/h3,6,9,11H,2,4-5,7-8,16H2,1H3,(H,17,19);2*1H. The lowest BCUT2D eigenvalue weighted by atomic mass is 10.2. The van der Waals surface area contributed by atoms with Gasteiger partial charge in [0.05, 0.1) is 10.6 Å². The van der Waals surface area contributed by atoms with Crippen molar-refractivity contribution >= 4 is 48.0 Å². The molecule has 3 N–H and O–H groups in total. The first kappa shape index (κ1) is 20.3. The average molecular weight is 355 g/mol. The molecule has 0 aromatic heterocycles. The molecular formula is C14H22Cl3N3O. The minimum atomic E-state index is -0.142. The third kappa shape index (κ3) is 5.91. The van der Waals surface area contributed by atoms with Crippen molar-refractivity contribution < 1.29 is 4.79 Å². The Hall–Kier alpha value is -0.680. The lowest BCUT2D eigenvalue weighted by Crippen LogP contribution is -2.36. The molecule has 1 saturated carbocycles. The second kappa shape index (κ2) is 9.36. The zero-order valence-electron chi connectivity index (χ0n) is 12.0. The van der Waals surface area contributed by atoms with Crippen LogP contribution in [0.4, 0.5) is 5.69 Å². The number of nitrogens with two attached hydrogens (primary N) is 1. The summed E-state index contributed by atoms with van der Waals surface area (Å²) < 4.78 is 0. The van der Waals surface area contributed by atoms with Crippen LogP contribution in [-0.4, -0.2) is 36.5 Å². The van der Waals surface area contributed by atoms with E-state index in [4.69, 9.17) is 17.3 Å². The molecule has 1 aromatic carbocycles. The molecule has 21 heavy (non-hydrogen) atoms. The lowest BCUT2D eigenvalue weighted by Gasteiger charge is -2.19. The van der Waals surface area contributed by atoms with E-state index in [1.54, 1.807) is 18.2 Å². The maximum atomic E-state index is 12.0. The number of amides is 1. The quantitative estimate of drug-likeness (QED) is 0.772. The number of halogens is 3. The topological polar surface area (TPSA) is 58.4 Å². The highest BCUT2D eigenvalue weighted by Gasteiger charge is 2.27. The van der Waals surface area contributed by atoms with Gasteiger partial charge in [-0.05, 0) is 37.6 Å². The molecule has 0 saturated heterocycles. The number of carbonyl (C=O) groups is 1. The van der Waals surface area contributed by atoms with E-state index in [0.29, 0.717) is 22.8 Å². The SMILES string of the molecule is CCN(CCNC(=O)c1ccc(N)cc1Cl)C1CC1.Cl.Cl. The fourth-order valence-corrected chi connectivity index (χ4v) is 2.44. The number of benzene rings is 1. The maximum Gasteiger partial charge on any atom is 0.252 e. The van der Waals surface area contributed by atoms with Gasteiger partial charge < -0.3 is 11.1 Å². The molecule has 0 bridgehead atoms. The minimum Gasteiger partial charge on any atom is -0.399 e. The van der Waals surface area contributed by atoms with E-state index in [2.05, 4.69) is 17.1 Å². The molecule has 2 rings (SSSR count). The summed E-state index contributed by atoms with van der Waals surface area (Å²) in [6.07, 6.45) is 2.57. The van der Waals surface area contributed by atoms with Gasteiger partial charge in [-0.3, -0.25) is 9.69 Å². The molecule has 1 aliphatic carbocycles. The molecule has 7 heteroatoms. The third-order valence-corrected chi connectivity index (χ3v) is 3.70. The van der Waals surface area contributed by atoms with E-state index in [9.17, 15) is 4.79 Å². The Morgan fingerprint density at radius 2 is 2.10 bits per heavy atom. The van der Waals surface area contributed by atoms with Crippen molar-refractivity contribution in [3.63, 3.8) is 0 Å². The fraction of sp³-hybridized carbons (Fsp3) is 0.500. The van der Waals surface area contributed by atoms with Gasteiger partial charge >= 0.3 is 0 Å². The van der Waals surface area contributed by atoms with E-state index in [0.717, 1.165) is 19.1 Å². The van der Waals surface area contributed by atoms with Gasteiger partial charge in [0.25, 0.3) is 5.91 Å². The smallest absolute Gasteiger partial charge is 0.252 e. The third-order valence-electron chi connectivity index (χ3n) is 3.39. The normalized spacial score (nSPS) is 13.3. The van der Waals surface area contributed by atoms with Crippen molar-refractivity contribution in [2.24, 2.45) is 0 Å². The monoisotopic (exact) mass is 353 g/mol. The highest BCUT2D eigenvalue weighted by Crippen LogP contribution is 2.25. The van der Waals surface area contributed by atoms with Crippen LogP contribution in [-0.2, 0) is 0 Å². The van der Waals surface area contributed by atoms with Crippen LogP contribution in [0.25, 0.3) is 0 Å². The summed E-state index contributed by atoms with van der Waals surface area (Å²) in [5.41, 5.74) is 6.64. The number of rotatable bonds is 6. The van der Waals surface area contributed by atoms with E-state index < -0.39 is 0 Å². The molecule has 0 spiro atoms. The van der Waals surface area contributed by atoms with Crippen LogP contribution in [0.15, 0.2) is 18.2 Å². The summed E-state index contributed by atoms with van der Waals surface area (Å²) in [4.78, 5) is 14.4. The first-order chi connectivity index (χ1) is 9.11. The van der Waals surface area contributed by atoms with E-state index in [1.165, 1.54) is 12.8 Å². The summed E-state index contributed by atoms with van der Waals surface area (Å²) in [5.74, 6) is -0.142. The summed E-state index contributed by atoms with van der Waals surface area (Å²) in [6.45, 7) is 4.71. The van der Waals surface area contributed by atoms with Crippen LogP contribution in [0.1, 0.15) is 30.1 Å². The van der Waals surface area contributed by atoms with Gasteiger partial charge in [-0.1, -0.05) is 18.5 Å². The largest absolute Gasteiger partial charge is 0.399 e. The van der Waals surface area contributed by atoms with Crippen molar-refractivity contribution in [3.8, 4) is 0 Å². The summed E-state index contributed by atoms with van der Waals surface area (Å²) >= 11 is 6.00. The van der Waals surface area contributed by atoms with Crippen molar-refractivity contribution in [3.05, 3.63) is 28.8 Å². The predicted molar refractivity (Wildman–Crippen MR) is 93.0 cm³/mol. The van der Waals surface area contributed by atoms with Crippen LogP contribution in [0.3, 0.4) is 0 Å². The number of carbonyl (C=O) groups excluding carboxylic acids is 1. The fourth-order valence-electron chi connectivity index (χ4n) is 2.16. The zero-order chi connectivity index (χ0) is 13.8. The van der Waals surface area contributed by atoms with Crippen molar-refractivity contribution in [1.82, 2.24) is 10.2 Å². The van der Waals surface area contributed by atoms with E-state index in [-0.39, 0.29) is 30.7 Å². The lowest BCUT2D eigenvalue weighted by molar-refractivity contribution is 0.0948. The van der Waals surface area contributed by atoms with Gasteiger partial charge in [0.15, 0.2) is 0 Å². The van der Waals surface area contributed by atoms with Gasteiger partial charge in [-0.25, -0.2) is 0 Å². The second-order valence-corrected chi connectivity index (χ2v) is 5.26. The van der Waals surface area contributed by atoms with Gasteiger partial charge in [-0.2, -0.15) is 0 Å². The summed E-state index contributed by atoms with van der Waals surface area (Å²) in [5, 5.41) is 3.30. The number of hydrogen-bond acceptors (Lipinski definition) is 3. The molecule has 0 radical (unpaired) electrons. The van der Waals surface area contributed by atoms with Crippen LogP contribution in [0, 0.1) is 0 Å². The molecule has 0 unspecified atom stereocenters. The first-order valence-electron chi connectivity index (χ1n) is 6.69. The van der Waals surface area contributed by atoms with Crippen molar-refractivity contribution in [2.45, 2.75) is 25.8 Å². The average Bonchev–Trinajstić information content (AvgIpc) is 3.18. The van der Waals surface area contributed by atoms with E-state index in [1.807, 2.05) is 0 Å². The number of nitrogens with zero attached hydrogens (tertiary/aromatic N) is 1. The van der Waals surface area contributed by atoms with Gasteiger partial charge in [0, 0.05) is 24.8 Å². The Labute approximate surface area is 143 Å². The number of likely N-dealkylation sites (N-methyl/N-ethyl adjacent to an activating group) is 1. The Morgan fingerprint density at radius 3 is 2.62 bits per heavy atom. The minimum absolute atomic E-state index is 0. The van der Waals surface area contributed by atoms with Crippen molar-refractivity contribution in [1.29, 1.82) is 0 Å². The summed E-state index contributed by atoms with van der Waals surface area (Å²) in [7, 11) is 0. The van der Waals surface area contributed by atoms with Crippen LogP contribution < -0.4 is 11.1 Å². The predicted octanol–water partition coefficient (Wildman–Crippen LogP) is 2.98. The Bertz CT molecular complexity index is 467. The Kier molecular flexibility index (Phi) is 9.06. The molecule has 0 aliphatic heterocycles. The molecule has 0 heterocycles. The Morgan fingerprint density at radius 1 is 1.43 bits per heavy atom. The Balaban J connectivity index is 0.00000200. The second-order valence-electron chi connectivity index (χ2n) is 4.85. The molecule has 0 atom stereocenters. The van der Waals surface area contributed by atoms with Crippen LogP contribution >= 0.6 is 36.4 Å². The molecule has 1 amide bonds. The molecule has 120 valence electrons. The highest BCUT2D eigenvalue weighted by atomic mass is 35.5. The van der Waals surface area contributed by atoms with Gasteiger partial charge in [0.1, 0.15) is 0 Å².